The zero-order valence-corrected chi connectivity index (χ0v) is 17.3. The number of pyridine rings is 2. The molecule has 3 aromatic rings. The highest BCUT2D eigenvalue weighted by Gasteiger charge is 2.31. The van der Waals surface area contributed by atoms with Gasteiger partial charge < -0.3 is 9.30 Å². The van der Waals surface area contributed by atoms with E-state index in [9.17, 15) is 13.7 Å². The van der Waals surface area contributed by atoms with E-state index >= 15 is 0 Å². The van der Waals surface area contributed by atoms with Gasteiger partial charge in [-0.1, -0.05) is 0 Å². The summed E-state index contributed by atoms with van der Waals surface area (Å²) in [6, 6.07) is 7.61. The van der Waals surface area contributed by atoms with E-state index in [1.807, 2.05) is 6.07 Å². The van der Waals surface area contributed by atoms with Crippen LogP contribution in [0, 0.1) is 11.3 Å². The molecule has 3 heterocycles. The van der Waals surface area contributed by atoms with Crippen LogP contribution in [0.2, 0.25) is 0 Å². The van der Waals surface area contributed by atoms with Crippen LogP contribution in [0.4, 0.5) is 0 Å². The summed E-state index contributed by atoms with van der Waals surface area (Å²) in [5, 5.41) is 10.7. The largest absolute Gasteiger partial charge is 0.495 e. The minimum Gasteiger partial charge on any atom is -0.495 e. The number of methoxy groups -OCH3 is 1. The fourth-order valence-electron chi connectivity index (χ4n) is 3.81. The van der Waals surface area contributed by atoms with E-state index < -0.39 is 10.0 Å². The number of rotatable bonds is 6. The van der Waals surface area contributed by atoms with Gasteiger partial charge in [-0.15, -0.1) is 0 Å². The molecular formula is C21H21N5O3S. The predicted octanol–water partition coefficient (Wildman–Crippen LogP) is 3.14. The normalized spacial score (nSPS) is 16.9. The van der Waals surface area contributed by atoms with Crippen molar-refractivity contribution in [1.82, 2.24) is 19.3 Å². The predicted molar refractivity (Wildman–Crippen MR) is 110 cm³/mol. The number of aromatic nitrogens is 3. The van der Waals surface area contributed by atoms with Gasteiger partial charge >= 0.3 is 0 Å². The van der Waals surface area contributed by atoms with Crippen molar-refractivity contribution in [3.63, 3.8) is 0 Å². The van der Waals surface area contributed by atoms with Crippen LogP contribution in [0.3, 0.4) is 0 Å². The standard InChI is InChI=1S/C21H21N5O3S/c1-29-15-9-17-18(10-22)20(26(14-3-2-4-14)21(17)24-11-15)19-8-7-16(12-23-19)30(27,28)25-13-5-6-13/h7-9,11-14,25H,2-6H2,1H3. The van der Waals surface area contributed by atoms with Crippen molar-refractivity contribution < 1.29 is 13.2 Å². The smallest absolute Gasteiger partial charge is 0.242 e. The van der Waals surface area contributed by atoms with Gasteiger partial charge in [0.05, 0.1) is 30.3 Å². The number of sulfonamides is 1. The maximum Gasteiger partial charge on any atom is 0.242 e. The van der Waals surface area contributed by atoms with E-state index in [0.29, 0.717) is 28.1 Å². The molecule has 0 atom stereocenters. The Bertz CT molecular complexity index is 1270. The molecule has 8 nitrogen and oxygen atoms in total. The van der Waals surface area contributed by atoms with E-state index in [2.05, 4.69) is 25.3 Å². The molecule has 2 aliphatic carbocycles. The number of fused-ring (bicyclic) bond motifs is 1. The Morgan fingerprint density at radius 1 is 1.20 bits per heavy atom. The lowest BCUT2D eigenvalue weighted by atomic mass is 9.92. The van der Waals surface area contributed by atoms with Gasteiger partial charge in [0, 0.05) is 23.7 Å². The number of ether oxygens (including phenoxy) is 1. The number of nitrogens with one attached hydrogen (secondary N) is 1. The molecule has 9 heteroatoms. The topological polar surface area (TPSA) is 110 Å². The van der Waals surface area contributed by atoms with Crippen molar-refractivity contribution in [3.8, 4) is 23.2 Å². The zero-order chi connectivity index (χ0) is 20.9. The molecule has 0 radical (unpaired) electrons. The van der Waals surface area contributed by atoms with Crippen LogP contribution in [-0.4, -0.2) is 36.1 Å². The molecule has 0 aliphatic heterocycles. The van der Waals surface area contributed by atoms with Gasteiger partial charge in [0.15, 0.2) is 0 Å². The average molecular weight is 423 g/mol. The first-order valence-electron chi connectivity index (χ1n) is 9.98. The summed E-state index contributed by atoms with van der Waals surface area (Å²) in [5.41, 5.74) is 2.43. The number of nitriles is 1. The van der Waals surface area contributed by atoms with Gasteiger partial charge in [-0.25, -0.2) is 18.1 Å². The van der Waals surface area contributed by atoms with E-state index in [0.717, 1.165) is 37.8 Å². The lowest BCUT2D eigenvalue weighted by Gasteiger charge is -2.29. The lowest BCUT2D eigenvalue weighted by Crippen LogP contribution is -2.25. The van der Waals surface area contributed by atoms with Gasteiger partial charge in [0.25, 0.3) is 0 Å². The lowest BCUT2D eigenvalue weighted by molar-refractivity contribution is 0.322. The molecule has 3 aromatic heterocycles. The molecule has 1 N–H and O–H groups in total. The summed E-state index contributed by atoms with van der Waals surface area (Å²) < 4.78 is 35.0. The third-order valence-corrected chi connectivity index (χ3v) is 7.30. The highest BCUT2D eigenvalue weighted by molar-refractivity contribution is 7.89. The summed E-state index contributed by atoms with van der Waals surface area (Å²) in [4.78, 5) is 9.13. The molecule has 5 rings (SSSR count). The number of hydrogen-bond donors (Lipinski definition) is 1. The monoisotopic (exact) mass is 423 g/mol. The molecule has 0 spiro atoms. The molecule has 0 saturated heterocycles. The van der Waals surface area contributed by atoms with E-state index in [1.54, 1.807) is 25.4 Å². The highest BCUT2D eigenvalue weighted by atomic mass is 32.2. The molecule has 0 amide bonds. The van der Waals surface area contributed by atoms with E-state index in [-0.39, 0.29) is 17.0 Å². The van der Waals surface area contributed by atoms with Crippen LogP contribution in [-0.2, 0) is 10.0 Å². The Hall–Kier alpha value is -2.96. The van der Waals surface area contributed by atoms with Crippen molar-refractivity contribution >= 4 is 21.1 Å². The highest BCUT2D eigenvalue weighted by Crippen LogP contribution is 2.42. The van der Waals surface area contributed by atoms with Crippen LogP contribution in [0.25, 0.3) is 22.4 Å². The summed E-state index contributed by atoms with van der Waals surface area (Å²) in [5.74, 6) is 0.580. The SMILES string of the molecule is COc1cnc2c(c1)c(C#N)c(-c1ccc(S(=O)(=O)NC3CC3)cn1)n2C1CCC1. The molecule has 30 heavy (non-hydrogen) atoms. The van der Waals surface area contributed by atoms with Crippen molar-refractivity contribution in [2.75, 3.05) is 7.11 Å². The molecule has 0 bridgehead atoms. The first kappa shape index (κ1) is 19.0. The quantitative estimate of drug-likeness (QED) is 0.652. The molecule has 2 saturated carbocycles. The Balaban J connectivity index is 1.65. The number of hydrogen-bond acceptors (Lipinski definition) is 6. The maximum atomic E-state index is 12.5. The van der Waals surface area contributed by atoms with Crippen molar-refractivity contribution in [3.05, 3.63) is 36.2 Å². The minimum atomic E-state index is -3.58. The summed E-state index contributed by atoms with van der Waals surface area (Å²) >= 11 is 0. The first-order valence-corrected chi connectivity index (χ1v) is 11.5. The van der Waals surface area contributed by atoms with Gasteiger partial charge in [-0.05, 0) is 50.3 Å². The third-order valence-electron chi connectivity index (χ3n) is 5.79. The van der Waals surface area contributed by atoms with Gasteiger partial charge in [0.2, 0.25) is 10.0 Å². The van der Waals surface area contributed by atoms with E-state index in [1.165, 1.54) is 6.20 Å². The Labute approximate surface area is 174 Å². The van der Waals surface area contributed by atoms with Crippen LogP contribution >= 0.6 is 0 Å². The Morgan fingerprint density at radius 2 is 2.00 bits per heavy atom. The Kier molecular flexibility index (Phi) is 4.49. The second-order valence-electron chi connectivity index (χ2n) is 7.81. The molecule has 154 valence electrons. The van der Waals surface area contributed by atoms with Gasteiger partial charge in [-0.3, -0.25) is 4.98 Å². The second kappa shape index (κ2) is 7.07. The zero-order valence-electron chi connectivity index (χ0n) is 16.5. The molecule has 0 aromatic carbocycles. The van der Waals surface area contributed by atoms with Crippen LogP contribution in [0.5, 0.6) is 5.75 Å². The van der Waals surface area contributed by atoms with Crippen molar-refractivity contribution in [2.45, 2.75) is 49.1 Å². The van der Waals surface area contributed by atoms with Gasteiger partial charge in [0.1, 0.15) is 22.4 Å². The van der Waals surface area contributed by atoms with E-state index in [4.69, 9.17) is 4.74 Å². The van der Waals surface area contributed by atoms with Crippen LogP contribution < -0.4 is 9.46 Å². The van der Waals surface area contributed by atoms with Crippen LogP contribution in [0.15, 0.2) is 35.5 Å². The van der Waals surface area contributed by atoms with Crippen molar-refractivity contribution in [2.24, 2.45) is 0 Å². The van der Waals surface area contributed by atoms with Gasteiger partial charge in [-0.2, -0.15) is 5.26 Å². The first-order chi connectivity index (χ1) is 14.5. The average Bonchev–Trinajstić information content (AvgIpc) is 3.46. The number of nitrogens with zero attached hydrogens (tertiary/aromatic N) is 4. The summed E-state index contributed by atoms with van der Waals surface area (Å²) in [6.45, 7) is 0. The molecule has 2 aliphatic rings. The third kappa shape index (κ3) is 3.13. The maximum absolute atomic E-state index is 12.5. The Morgan fingerprint density at radius 3 is 2.57 bits per heavy atom. The minimum absolute atomic E-state index is 0.0297. The fourth-order valence-corrected chi connectivity index (χ4v) is 5.06. The summed E-state index contributed by atoms with van der Waals surface area (Å²) in [7, 11) is -2.01. The fraction of sp³-hybridized carbons (Fsp3) is 0.381. The van der Waals surface area contributed by atoms with Crippen LogP contribution in [0.1, 0.15) is 43.7 Å². The summed E-state index contributed by atoms with van der Waals surface area (Å²) in [6.07, 6.45) is 7.88. The van der Waals surface area contributed by atoms with Crippen molar-refractivity contribution in [1.29, 1.82) is 5.26 Å². The molecular weight excluding hydrogens is 402 g/mol. The second-order valence-corrected chi connectivity index (χ2v) is 9.53. The molecule has 0 unspecified atom stereocenters. The molecule has 2 fully saturated rings.